The van der Waals surface area contributed by atoms with Crippen LogP contribution in [0.15, 0.2) is 0 Å². The Morgan fingerprint density at radius 3 is 1.69 bits per heavy atom. The van der Waals surface area contributed by atoms with Crippen LogP contribution in [0.4, 0.5) is 0 Å². The molecule has 0 aromatic carbocycles. The van der Waals surface area contributed by atoms with Crippen molar-refractivity contribution in [2.24, 2.45) is 0 Å². The normalized spacial score (nSPS) is 14.1. The van der Waals surface area contributed by atoms with Crippen LogP contribution < -0.4 is 0 Å². The summed E-state index contributed by atoms with van der Waals surface area (Å²) in [5, 5.41) is 0. The quantitative estimate of drug-likeness (QED) is 0.0481. The first kappa shape index (κ1) is 38.0. The third-order valence-corrected chi connectivity index (χ3v) is 7.37. The molecule has 0 heterocycles. The van der Waals surface area contributed by atoms with Gasteiger partial charge in [-0.3, -0.25) is 18.6 Å². The molecule has 0 aliphatic carbocycles. The number of carbonyl (C=O) groups is 2. The lowest BCUT2D eigenvalue weighted by Crippen LogP contribution is -2.37. The zero-order valence-electron chi connectivity index (χ0n) is 25.6. The zero-order chi connectivity index (χ0) is 29.4. The van der Waals surface area contributed by atoms with Gasteiger partial charge in [0.05, 0.1) is 27.7 Å². The van der Waals surface area contributed by atoms with Gasteiger partial charge in [0.25, 0.3) is 0 Å². The van der Waals surface area contributed by atoms with E-state index in [4.69, 9.17) is 18.5 Å². The number of hydrogen-bond acceptors (Lipinski definition) is 7. The van der Waals surface area contributed by atoms with Crippen molar-refractivity contribution in [2.75, 3.05) is 47.5 Å². The van der Waals surface area contributed by atoms with Crippen LogP contribution in [0, 0.1) is 0 Å². The Bertz CT molecular complexity index is 668. The van der Waals surface area contributed by atoms with Gasteiger partial charge in [0, 0.05) is 12.8 Å². The van der Waals surface area contributed by atoms with Crippen LogP contribution in [-0.4, -0.2) is 74.9 Å². The van der Waals surface area contributed by atoms with Crippen molar-refractivity contribution in [2.45, 2.75) is 129 Å². The van der Waals surface area contributed by atoms with Gasteiger partial charge in [-0.05, 0) is 12.8 Å². The summed E-state index contributed by atoms with van der Waals surface area (Å²) in [6.07, 6.45) is 17.0. The van der Waals surface area contributed by atoms with Crippen LogP contribution in [0.1, 0.15) is 123 Å². The molecule has 2 unspecified atom stereocenters. The van der Waals surface area contributed by atoms with E-state index in [1.54, 1.807) is 0 Å². The Kier molecular flexibility index (Phi) is 23.1. The number of esters is 2. The molecule has 0 aromatic heterocycles. The Morgan fingerprint density at radius 1 is 0.692 bits per heavy atom. The molecule has 0 aliphatic rings. The number of carbonyl (C=O) groups excluding carboxylic acids is 2. The van der Waals surface area contributed by atoms with Crippen LogP contribution in [0.2, 0.25) is 0 Å². The maximum atomic E-state index is 12.2. The smallest absolute Gasteiger partial charge is 0.462 e. The highest BCUT2D eigenvalue weighted by atomic mass is 31.2. The van der Waals surface area contributed by atoms with E-state index in [-0.39, 0.29) is 25.6 Å². The number of unbranched alkanes of at least 4 members (excludes halogenated alkanes) is 13. The number of quaternary nitrogens is 1. The summed E-state index contributed by atoms with van der Waals surface area (Å²) in [7, 11) is 1.48. The topological polar surface area (TPSA) is 108 Å². The monoisotopic (exact) mass is 580 g/mol. The fraction of sp³-hybridized carbons (Fsp3) is 0.931. The van der Waals surface area contributed by atoms with Crippen molar-refractivity contribution in [3.63, 3.8) is 0 Å². The maximum Gasteiger partial charge on any atom is 0.472 e. The number of phosphoric ester groups is 1. The van der Waals surface area contributed by atoms with Crippen molar-refractivity contribution < 1.29 is 42.1 Å². The predicted octanol–water partition coefficient (Wildman–Crippen LogP) is 6.95. The zero-order valence-corrected chi connectivity index (χ0v) is 26.5. The van der Waals surface area contributed by atoms with Gasteiger partial charge in [0.15, 0.2) is 6.10 Å². The molecule has 0 radical (unpaired) electrons. The van der Waals surface area contributed by atoms with Crippen LogP contribution in [0.3, 0.4) is 0 Å². The maximum absolute atomic E-state index is 12.2. The molecule has 39 heavy (non-hydrogen) atoms. The number of rotatable bonds is 27. The van der Waals surface area contributed by atoms with Gasteiger partial charge in [0.2, 0.25) is 0 Å². The third-order valence-electron chi connectivity index (χ3n) is 6.39. The van der Waals surface area contributed by atoms with Gasteiger partial charge in [0.1, 0.15) is 19.8 Å². The molecule has 0 aliphatic heterocycles. The molecule has 0 fully saturated rings. The molecule has 0 bridgehead atoms. The largest absolute Gasteiger partial charge is 0.472 e. The van der Waals surface area contributed by atoms with E-state index in [0.717, 1.165) is 25.7 Å². The second-order valence-corrected chi connectivity index (χ2v) is 13.0. The molecule has 0 spiro atoms. The Balaban J connectivity index is 4.21. The number of nitrogens with zero attached hydrogens (tertiary/aromatic N) is 1. The first-order valence-corrected chi connectivity index (χ1v) is 16.8. The summed E-state index contributed by atoms with van der Waals surface area (Å²) < 4.78 is 33.5. The minimum absolute atomic E-state index is 0.0341. The van der Waals surface area contributed by atoms with E-state index in [2.05, 4.69) is 6.92 Å². The summed E-state index contributed by atoms with van der Waals surface area (Å²) in [5.41, 5.74) is 0. The number of phosphoric acid groups is 1. The number of hydrogen-bond donors (Lipinski definition) is 1. The molecule has 0 saturated heterocycles. The lowest BCUT2D eigenvalue weighted by molar-refractivity contribution is -0.870. The summed E-state index contributed by atoms with van der Waals surface area (Å²) in [6.45, 7) is 4.12. The van der Waals surface area contributed by atoms with E-state index in [1.165, 1.54) is 64.2 Å². The van der Waals surface area contributed by atoms with Crippen LogP contribution >= 0.6 is 7.82 Å². The highest BCUT2D eigenvalue weighted by Gasteiger charge is 2.26. The van der Waals surface area contributed by atoms with E-state index >= 15 is 0 Å². The molecule has 2 atom stereocenters. The molecule has 232 valence electrons. The van der Waals surface area contributed by atoms with E-state index in [1.807, 2.05) is 28.1 Å². The van der Waals surface area contributed by atoms with Crippen LogP contribution in [-0.2, 0) is 32.7 Å². The van der Waals surface area contributed by atoms with Crippen molar-refractivity contribution in [3.8, 4) is 0 Å². The summed E-state index contributed by atoms with van der Waals surface area (Å²) in [5.74, 6) is -0.837. The fourth-order valence-corrected chi connectivity index (χ4v) is 4.61. The van der Waals surface area contributed by atoms with Crippen molar-refractivity contribution >= 4 is 19.8 Å². The first-order valence-electron chi connectivity index (χ1n) is 15.3. The molecule has 9 nitrogen and oxygen atoms in total. The lowest BCUT2D eigenvalue weighted by Gasteiger charge is -2.24. The van der Waals surface area contributed by atoms with Gasteiger partial charge >= 0.3 is 19.8 Å². The lowest BCUT2D eigenvalue weighted by atomic mass is 10.0. The molecule has 1 N–H and O–H groups in total. The number of ether oxygens (including phenoxy) is 2. The Labute approximate surface area is 238 Å². The average Bonchev–Trinajstić information content (AvgIpc) is 2.86. The SMILES string of the molecule is CCCCCCCCCCCCCCCC(=O)OCC(COP(=O)(O)OCC[N+](C)(C)C)OC(=O)CCCC. The van der Waals surface area contributed by atoms with Crippen molar-refractivity contribution in [3.05, 3.63) is 0 Å². The summed E-state index contributed by atoms with van der Waals surface area (Å²) in [4.78, 5) is 34.3. The highest BCUT2D eigenvalue weighted by molar-refractivity contribution is 7.47. The van der Waals surface area contributed by atoms with Crippen molar-refractivity contribution in [1.82, 2.24) is 0 Å². The summed E-state index contributed by atoms with van der Waals surface area (Å²) in [6, 6.07) is 0. The van der Waals surface area contributed by atoms with Crippen molar-refractivity contribution in [1.29, 1.82) is 0 Å². The molecule has 0 aromatic rings. The second-order valence-electron chi connectivity index (χ2n) is 11.5. The Morgan fingerprint density at radius 2 is 1.18 bits per heavy atom. The molecule has 0 amide bonds. The Hall–Kier alpha value is -0.990. The van der Waals surface area contributed by atoms with E-state index < -0.39 is 26.5 Å². The fourth-order valence-electron chi connectivity index (χ4n) is 3.87. The van der Waals surface area contributed by atoms with Crippen LogP contribution in [0.5, 0.6) is 0 Å². The third kappa shape index (κ3) is 27.0. The van der Waals surface area contributed by atoms with Gasteiger partial charge < -0.3 is 18.9 Å². The predicted molar refractivity (Wildman–Crippen MR) is 155 cm³/mol. The molecule has 10 heteroatoms. The minimum atomic E-state index is -4.33. The molecular formula is C29H59NO8P+. The number of likely N-dealkylation sites (N-methyl/N-ethyl adjacent to an activating group) is 1. The minimum Gasteiger partial charge on any atom is -0.462 e. The first-order chi connectivity index (χ1) is 18.5. The summed E-state index contributed by atoms with van der Waals surface area (Å²) >= 11 is 0. The standard InChI is InChI=1S/C29H58NO8P/c1-6-8-10-11-12-13-14-15-16-17-18-19-20-22-28(31)35-25-27(38-29(32)21-9-7-2)26-37-39(33,34)36-24-23-30(3,4)5/h27H,6-26H2,1-5H3/p+1. The molecule has 0 rings (SSSR count). The van der Waals surface area contributed by atoms with Gasteiger partial charge in [-0.1, -0.05) is 97.3 Å². The molecule has 0 saturated carbocycles. The van der Waals surface area contributed by atoms with Gasteiger partial charge in [-0.25, -0.2) is 4.57 Å². The average molecular weight is 581 g/mol. The van der Waals surface area contributed by atoms with E-state index in [9.17, 15) is 19.0 Å². The van der Waals surface area contributed by atoms with Gasteiger partial charge in [-0.15, -0.1) is 0 Å². The second kappa shape index (κ2) is 23.7. The van der Waals surface area contributed by atoms with E-state index in [0.29, 0.717) is 23.9 Å². The molecular weight excluding hydrogens is 521 g/mol. The van der Waals surface area contributed by atoms with Crippen LogP contribution in [0.25, 0.3) is 0 Å². The highest BCUT2D eigenvalue weighted by Crippen LogP contribution is 2.43. The van der Waals surface area contributed by atoms with Gasteiger partial charge in [-0.2, -0.15) is 0 Å².